The molecule has 0 aromatic heterocycles. The molecule has 0 spiro atoms. The van der Waals surface area contributed by atoms with E-state index in [0.29, 0.717) is 23.5 Å². The number of fused-ring (bicyclic) bond motifs is 2. The molecule has 0 heterocycles. The maximum absolute atomic E-state index is 12.5. The summed E-state index contributed by atoms with van der Waals surface area (Å²) in [5.74, 6) is 1.53. The first kappa shape index (κ1) is 14.8. The van der Waals surface area contributed by atoms with Crippen LogP contribution in [0.1, 0.15) is 33.8 Å². The molecule has 0 N–H and O–H groups in total. The summed E-state index contributed by atoms with van der Waals surface area (Å²) in [4.78, 5) is 12.5. The lowest BCUT2D eigenvalue weighted by atomic mass is 9.90. The summed E-state index contributed by atoms with van der Waals surface area (Å²) >= 11 is 0. The number of Topliss-reactive ketones (excluding diaryl/α,β-unsaturated/α-hetero) is 1. The summed E-state index contributed by atoms with van der Waals surface area (Å²) < 4.78 is 10.9. The molecule has 24 heavy (non-hydrogen) atoms. The van der Waals surface area contributed by atoms with Gasteiger partial charge in [-0.2, -0.15) is 0 Å². The summed E-state index contributed by atoms with van der Waals surface area (Å²) in [7, 11) is 3.23. The highest BCUT2D eigenvalue weighted by atomic mass is 16.5. The molecule has 3 aromatic rings. The fourth-order valence-corrected chi connectivity index (χ4v) is 3.58. The van der Waals surface area contributed by atoms with Crippen LogP contribution in [-0.4, -0.2) is 20.0 Å². The summed E-state index contributed by atoms with van der Waals surface area (Å²) in [6.45, 7) is 0. The van der Waals surface area contributed by atoms with Crippen molar-refractivity contribution < 1.29 is 14.3 Å². The second-order valence-corrected chi connectivity index (χ2v) is 6.08. The lowest BCUT2D eigenvalue weighted by molar-refractivity contribution is 0.0991. The molecule has 0 bridgehead atoms. The van der Waals surface area contributed by atoms with Gasteiger partial charge in [-0.3, -0.25) is 4.79 Å². The van der Waals surface area contributed by atoms with Gasteiger partial charge in [0.1, 0.15) is 11.5 Å². The number of rotatable bonds is 3. The number of benzene rings is 3. The van der Waals surface area contributed by atoms with Crippen molar-refractivity contribution in [3.05, 3.63) is 71.3 Å². The minimum absolute atomic E-state index is 0.0259. The Morgan fingerprint density at radius 2 is 1.71 bits per heavy atom. The van der Waals surface area contributed by atoms with Gasteiger partial charge in [-0.15, -0.1) is 0 Å². The average Bonchev–Trinajstić information content (AvgIpc) is 2.97. The van der Waals surface area contributed by atoms with E-state index in [-0.39, 0.29) is 11.7 Å². The average molecular weight is 318 g/mol. The molecule has 1 aliphatic carbocycles. The monoisotopic (exact) mass is 318 g/mol. The van der Waals surface area contributed by atoms with Crippen molar-refractivity contribution in [1.29, 1.82) is 0 Å². The maximum atomic E-state index is 12.5. The third kappa shape index (κ3) is 2.24. The molecular formula is C21H18O3. The highest BCUT2D eigenvalue weighted by Crippen LogP contribution is 2.45. The molecule has 1 atom stereocenters. The Balaban J connectivity index is 1.88. The van der Waals surface area contributed by atoms with Crippen molar-refractivity contribution in [3.8, 4) is 11.5 Å². The van der Waals surface area contributed by atoms with Gasteiger partial charge in [-0.05, 0) is 22.4 Å². The van der Waals surface area contributed by atoms with Gasteiger partial charge in [0.2, 0.25) is 0 Å². The quantitative estimate of drug-likeness (QED) is 0.709. The van der Waals surface area contributed by atoms with Crippen LogP contribution in [0.3, 0.4) is 0 Å². The zero-order valence-electron chi connectivity index (χ0n) is 13.7. The molecule has 0 saturated carbocycles. The van der Waals surface area contributed by atoms with Crippen molar-refractivity contribution in [1.82, 2.24) is 0 Å². The molecule has 3 nitrogen and oxygen atoms in total. The van der Waals surface area contributed by atoms with E-state index in [4.69, 9.17) is 9.47 Å². The SMILES string of the molecule is COc1cc(OC)c2c(c1)C(=O)CC2c1ccc2ccccc2c1. The van der Waals surface area contributed by atoms with Gasteiger partial charge >= 0.3 is 0 Å². The summed E-state index contributed by atoms with van der Waals surface area (Å²) in [5, 5.41) is 2.39. The van der Waals surface area contributed by atoms with Crippen molar-refractivity contribution in [2.24, 2.45) is 0 Å². The Hall–Kier alpha value is -2.81. The van der Waals surface area contributed by atoms with Crippen LogP contribution in [0.5, 0.6) is 11.5 Å². The van der Waals surface area contributed by atoms with Crippen LogP contribution in [-0.2, 0) is 0 Å². The second-order valence-electron chi connectivity index (χ2n) is 6.08. The van der Waals surface area contributed by atoms with Crippen LogP contribution < -0.4 is 9.47 Å². The van der Waals surface area contributed by atoms with Gasteiger partial charge in [0.15, 0.2) is 5.78 Å². The zero-order chi connectivity index (χ0) is 16.7. The zero-order valence-corrected chi connectivity index (χ0v) is 13.7. The van der Waals surface area contributed by atoms with Gasteiger partial charge < -0.3 is 9.47 Å². The number of carbonyl (C=O) groups excluding carboxylic acids is 1. The Morgan fingerprint density at radius 1 is 0.917 bits per heavy atom. The number of hydrogen-bond acceptors (Lipinski definition) is 3. The minimum atomic E-state index is 0.0259. The first-order valence-electron chi connectivity index (χ1n) is 7.99. The number of ether oxygens (including phenoxy) is 2. The molecule has 0 radical (unpaired) electrons. The Bertz CT molecular complexity index is 943. The summed E-state index contributed by atoms with van der Waals surface area (Å²) in [6.07, 6.45) is 0.469. The van der Waals surface area contributed by atoms with E-state index in [1.165, 1.54) is 10.8 Å². The predicted molar refractivity (Wildman–Crippen MR) is 94.3 cm³/mol. The number of ketones is 1. The van der Waals surface area contributed by atoms with Gasteiger partial charge in [-0.1, -0.05) is 42.5 Å². The molecule has 0 saturated heterocycles. The van der Waals surface area contributed by atoms with Gasteiger partial charge in [0, 0.05) is 29.5 Å². The summed E-state index contributed by atoms with van der Waals surface area (Å²) in [6, 6.07) is 18.3. The van der Waals surface area contributed by atoms with Crippen LogP contribution in [0, 0.1) is 0 Å². The molecule has 0 aliphatic heterocycles. The van der Waals surface area contributed by atoms with Crippen molar-refractivity contribution >= 4 is 16.6 Å². The largest absolute Gasteiger partial charge is 0.497 e. The highest BCUT2D eigenvalue weighted by Gasteiger charge is 2.34. The molecule has 1 unspecified atom stereocenters. The summed E-state index contributed by atoms with van der Waals surface area (Å²) in [5.41, 5.74) is 2.83. The molecule has 3 heteroatoms. The van der Waals surface area contributed by atoms with Crippen LogP contribution in [0.25, 0.3) is 10.8 Å². The molecule has 0 fully saturated rings. The van der Waals surface area contributed by atoms with E-state index in [9.17, 15) is 4.79 Å². The van der Waals surface area contributed by atoms with Crippen molar-refractivity contribution in [2.45, 2.75) is 12.3 Å². The second kappa shape index (κ2) is 5.68. The molecule has 120 valence electrons. The van der Waals surface area contributed by atoms with Gasteiger partial charge in [-0.25, -0.2) is 0 Å². The molecule has 0 amide bonds. The number of methoxy groups -OCH3 is 2. The predicted octanol–water partition coefficient (Wildman–Crippen LogP) is 4.58. The maximum Gasteiger partial charge on any atom is 0.164 e. The third-order valence-electron chi connectivity index (χ3n) is 4.79. The minimum Gasteiger partial charge on any atom is -0.497 e. The molecule has 4 rings (SSSR count). The van der Waals surface area contributed by atoms with E-state index in [0.717, 1.165) is 11.1 Å². The van der Waals surface area contributed by atoms with Crippen LogP contribution >= 0.6 is 0 Å². The van der Waals surface area contributed by atoms with Crippen molar-refractivity contribution in [2.75, 3.05) is 14.2 Å². The first-order chi connectivity index (χ1) is 11.7. The topological polar surface area (TPSA) is 35.5 Å². The first-order valence-corrected chi connectivity index (χ1v) is 7.99. The Morgan fingerprint density at radius 3 is 2.46 bits per heavy atom. The molecule has 1 aliphatic rings. The van der Waals surface area contributed by atoms with E-state index < -0.39 is 0 Å². The highest BCUT2D eigenvalue weighted by molar-refractivity contribution is 6.03. The van der Waals surface area contributed by atoms with Gasteiger partial charge in [0.25, 0.3) is 0 Å². The number of carbonyl (C=O) groups is 1. The van der Waals surface area contributed by atoms with Crippen molar-refractivity contribution in [3.63, 3.8) is 0 Å². The van der Waals surface area contributed by atoms with E-state index in [1.807, 2.05) is 24.3 Å². The van der Waals surface area contributed by atoms with E-state index in [2.05, 4.69) is 30.3 Å². The molecule has 3 aromatic carbocycles. The van der Waals surface area contributed by atoms with E-state index in [1.54, 1.807) is 14.2 Å². The molecular weight excluding hydrogens is 300 g/mol. The fraction of sp³-hybridized carbons (Fsp3) is 0.190. The standard InChI is InChI=1S/C21H18O3/c1-23-16-10-18-19(22)12-17(21(18)20(11-16)24-2)15-8-7-13-5-3-4-6-14(13)9-15/h3-11,17H,12H2,1-2H3. The van der Waals surface area contributed by atoms with Crippen LogP contribution in [0.2, 0.25) is 0 Å². The lowest BCUT2D eigenvalue weighted by Gasteiger charge is -2.16. The van der Waals surface area contributed by atoms with Crippen LogP contribution in [0.15, 0.2) is 54.6 Å². The van der Waals surface area contributed by atoms with Crippen LogP contribution in [0.4, 0.5) is 0 Å². The van der Waals surface area contributed by atoms with E-state index >= 15 is 0 Å². The third-order valence-corrected chi connectivity index (χ3v) is 4.79. The van der Waals surface area contributed by atoms with Gasteiger partial charge in [0.05, 0.1) is 14.2 Å². The Labute approximate surface area is 140 Å². The lowest BCUT2D eigenvalue weighted by Crippen LogP contribution is -2.00. The Kier molecular flexibility index (Phi) is 3.49. The fourth-order valence-electron chi connectivity index (χ4n) is 3.58. The smallest absolute Gasteiger partial charge is 0.164 e. The normalized spacial score (nSPS) is 16.2. The number of hydrogen-bond donors (Lipinski definition) is 0.